The summed E-state index contributed by atoms with van der Waals surface area (Å²) in [5.74, 6) is 0.684. The fraction of sp³-hybridized carbons (Fsp3) is 0.647. The summed E-state index contributed by atoms with van der Waals surface area (Å²) in [4.78, 5) is 2.46. The Hall–Kier alpha value is -0.860. The predicted octanol–water partition coefficient (Wildman–Crippen LogP) is 3.62. The molecule has 0 spiro atoms. The van der Waals surface area contributed by atoms with Gasteiger partial charge in [-0.25, -0.2) is 0 Å². The highest BCUT2D eigenvalue weighted by atomic mass is 15.2. The zero-order valence-corrected chi connectivity index (χ0v) is 13.4. The molecule has 19 heavy (non-hydrogen) atoms. The quantitative estimate of drug-likeness (QED) is 0.807. The van der Waals surface area contributed by atoms with E-state index in [1.54, 1.807) is 0 Å². The number of hydrogen-bond donors (Lipinski definition) is 1. The van der Waals surface area contributed by atoms with Gasteiger partial charge in [-0.05, 0) is 44.5 Å². The lowest BCUT2D eigenvalue weighted by molar-refractivity contribution is 0.188. The summed E-state index contributed by atoms with van der Waals surface area (Å²) in [7, 11) is 2.23. The van der Waals surface area contributed by atoms with Gasteiger partial charge in [-0.1, -0.05) is 45.0 Å². The third-order valence-electron chi connectivity index (χ3n) is 4.15. The highest BCUT2D eigenvalue weighted by Crippen LogP contribution is 2.20. The first-order valence-electron chi connectivity index (χ1n) is 7.46. The highest BCUT2D eigenvalue weighted by molar-refractivity contribution is 5.29. The minimum Gasteiger partial charge on any atom is -0.309 e. The monoisotopic (exact) mass is 262 g/mol. The third kappa shape index (κ3) is 4.63. The van der Waals surface area contributed by atoms with Crippen LogP contribution in [0.1, 0.15) is 44.9 Å². The van der Waals surface area contributed by atoms with Crippen LogP contribution in [-0.2, 0) is 0 Å². The van der Waals surface area contributed by atoms with Gasteiger partial charge in [0.25, 0.3) is 0 Å². The van der Waals surface area contributed by atoms with Crippen molar-refractivity contribution in [3.05, 3.63) is 35.4 Å². The molecule has 0 saturated carbocycles. The van der Waals surface area contributed by atoms with Crippen molar-refractivity contribution in [3.63, 3.8) is 0 Å². The van der Waals surface area contributed by atoms with Crippen LogP contribution in [0, 0.1) is 12.8 Å². The molecule has 0 aliphatic heterocycles. The van der Waals surface area contributed by atoms with Crippen molar-refractivity contribution in [2.45, 2.75) is 46.7 Å². The number of benzene rings is 1. The molecule has 0 aromatic heterocycles. The van der Waals surface area contributed by atoms with Gasteiger partial charge in [-0.15, -0.1) is 0 Å². The van der Waals surface area contributed by atoms with Crippen molar-refractivity contribution in [3.8, 4) is 0 Å². The minimum absolute atomic E-state index is 0.414. The second-order valence-corrected chi connectivity index (χ2v) is 5.89. The summed E-state index contributed by atoms with van der Waals surface area (Å²) < 4.78 is 0. The average Bonchev–Trinajstić information content (AvgIpc) is 2.37. The van der Waals surface area contributed by atoms with Gasteiger partial charge in [0.15, 0.2) is 0 Å². The molecular formula is C17H30N2. The second kappa shape index (κ2) is 7.66. The fourth-order valence-corrected chi connectivity index (χ4v) is 2.46. The minimum atomic E-state index is 0.414. The number of hydrogen-bond acceptors (Lipinski definition) is 2. The Balaban J connectivity index is 2.81. The molecule has 2 heteroatoms. The van der Waals surface area contributed by atoms with E-state index in [-0.39, 0.29) is 0 Å². The smallest absolute Gasteiger partial charge is 0.0451 e. The van der Waals surface area contributed by atoms with Crippen LogP contribution in [0.5, 0.6) is 0 Å². The second-order valence-electron chi connectivity index (χ2n) is 5.89. The molecule has 2 unspecified atom stereocenters. The van der Waals surface area contributed by atoms with Crippen LogP contribution < -0.4 is 5.32 Å². The van der Waals surface area contributed by atoms with E-state index in [1.165, 1.54) is 11.1 Å². The van der Waals surface area contributed by atoms with Gasteiger partial charge in [0.1, 0.15) is 0 Å². The van der Waals surface area contributed by atoms with E-state index in [4.69, 9.17) is 0 Å². The van der Waals surface area contributed by atoms with Gasteiger partial charge < -0.3 is 10.2 Å². The summed E-state index contributed by atoms with van der Waals surface area (Å²) in [6.07, 6.45) is 0. The van der Waals surface area contributed by atoms with E-state index >= 15 is 0 Å². The van der Waals surface area contributed by atoms with E-state index in [0.717, 1.165) is 13.1 Å². The van der Waals surface area contributed by atoms with Crippen molar-refractivity contribution >= 4 is 0 Å². The van der Waals surface area contributed by atoms with Crippen molar-refractivity contribution < 1.29 is 0 Å². The van der Waals surface area contributed by atoms with Gasteiger partial charge in [-0.2, -0.15) is 0 Å². The Morgan fingerprint density at radius 1 is 1.16 bits per heavy atom. The number of nitrogens with one attached hydrogen (secondary N) is 1. The molecular weight excluding hydrogens is 232 g/mol. The molecule has 0 aliphatic carbocycles. The lowest BCUT2D eigenvalue weighted by atomic mass is 9.99. The molecule has 0 heterocycles. The largest absolute Gasteiger partial charge is 0.309 e. The summed E-state index contributed by atoms with van der Waals surface area (Å²) in [5, 5.41) is 3.62. The summed E-state index contributed by atoms with van der Waals surface area (Å²) in [6.45, 7) is 13.3. The predicted molar refractivity (Wildman–Crippen MR) is 84.5 cm³/mol. The van der Waals surface area contributed by atoms with E-state index in [1.807, 2.05) is 0 Å². The molecule has 1 rings (SSSR count). The van der Waals surface area contributed by atoms with Crippen LogP contribution in [-0.4, -0.2) is 31.1 Å². The lowest BCUT2D eigenvalue weighted by Crippen LogP contribution is -2.40. The average molecular weight is 262 g/mol. The molecule has 1 N–H and O–H groups in total. The normalized spacial score (nSPS) is 14.9. The molecule has 0 radical (unpaired) electrons. The molecule has 0 amide bonds. The van der Waals surface area contributed by atoms with Crippen molar-refractivity contribution in [1.82, 2.24) is 10.2 Å². The molecule has 2 atom stereocenters. The first kappa shape index (κ1) is 16.2. The Morgan fingerprint density at radius 3 is 2.32 bits per heavy atom. The van der Waals surface area contributed by atoms with Crippen LogP contribution in [0.25, 0.3) is 0 Å². The van der Waals surface area contributed by atoms with Gasteiger partial charge in [-0.3, -0.25) is 0 Å². The topological polar surface area (TPSA) is 15.3 Å². The number of likely N-dealkylation sites (N-methyl/N-ethyl adjacent to an activating group) is 2. The summed E-state index contributed by atoms with van der Waals surface area (Å²) >= 11 is 0. The zero-order valence-electron chi connectivity index (χ0n) is 13.4. The van der Waals surface area contributed by atoms with Gasteiger partial charge in [0, 0.05) is 18.6 Å². The third-order valence-corrected chi connectivity index (χ3v) is 4.15. The van der Waals surface area contributed by atoms with Crippen molar-refractivity contribution in [2.24, 2.45) is 5.92 Å². The van der Waals surface area contributed by atoms with Crippen LogP contribution in [0.2, 0.25) is 0 Å². The van der Waals surface area contributed by atoms with Crippen molar-refractivity contribution in [1.29, 1.82) is 0 Å². The van der Waals surface area contributed by atoms with Crippen LogP contribution in [0.4, 0.5) is 0 Å². The fourth-order valence-electron chi connectivity index (χ4n) is 2.46. The van der Waals surface area contributed by atoms with Gasteiger partial charge >= 0.3 is 0 Å². The molecule has 1 aromatic rings. The molecule has 1 aromatic carbocycles. The Kier molecular flexibility index (Phi) is 6.53. The lowest BCUT2D eigenvalue weighted by Gasteiger charge is -2.32. The number of rotatable bonds is 7. The Morgan fingerprint density at radius 2 is 1.79 bits per heavy atom. The van der Waals surface area contributed by atoms with Crippen LogP contribution in [0.3, 0.4) is 0 Å². The van der Waals surface area contributed by atoms with Crippen LogP contribution >= 0.6 is 0 Å². The molecule has 0 bridgehead atoms. The Labute approximate surface area is 119 Å². The highest BCUT2D eigenvalue weighted by Gasteiger charge is 2.19. The molecule has 0 fully saturated rings. The number of aryl methyl sites for hydroxylation is 1. The van der Waals surface area contributed by atoms with Crippen molar-refractivity contribution in [2.75, 3.05) is 20.1 Å². The number of nitrogens with zero attached hydrogens (tertiary/aromatic N) is 1. The molecule has 108 valence electrons. The summed E-state index contributed by atoms with van der Waals surface area (Å²) in [6, 6.07) is 9.71. The first-order valence-corrected chi connectivity index (χ1v) is 7.46. The maximum Gasteiger partial charge on any atom is 0.0451 e. The maximum absolute atomic E-state index is 3.62. The van der Waals surface area contributed by atoms with Gasteiger partial charge in [0.05, 0.1) is 0 Å². The standard InChI is InChI=1S/C17H30N2/c1-7-18-17(12-19(6)15(5)13(2)3)16-11-9-8-10-14(16)4/h8-11,13,15,17-18H,7,12H2,1-6H3. The molecule has 2 nitrogen and oxygen atoms in total. The van der Waals surface area contributed by atoms with E-state index < -0.39 is 0 Å². The molecule has 0 saturated heterocycles. The Bertz CT molecular complexity index is 373. The summed E-state index contributed by atoms with van der Waals surface area (Å²) in [5.41, 5.74) is 2.80. The van der Waals surface area contributed by atoms with E-state index in [0.29, 0.717) is 18.0 Å². The SMILES string of the molecule is CCNC(CN(C)C(C)C(C)C)c1ccccc1C. The van der Waals surface area contributed by atoms with Crippen LogP contribution in [0.15, 0.2) is 24.3 Å². The zero-order chi connectivity index (χ0) is 14.4. The molecule has 0 aliphatic rings. The van der Waals surface area contributed by atoms with E-state index in [2.05, 4.69) is 76.1 Å². The first-order chi connectivity index (χ1) is 8.97. The van der Waals surface area contributed by atoms with E-state index in [9.17, 15) is 0 Å². The van der Waals surface area contributed by atoms with Gasteiger partial charge in [0.2, 0.25) is 0 Å². The maximum atomic E-state index is 3.62.